The fraction of sp³-hybridized carbons (Fsp3) is 0.235. The zero-order valence-corrected chi connectivity index (χ0v) is 12.7. The van der Waals surface area contributed by atoms with E-state index < -0.39 is 0 Å². The van der Waals surface area contributed by atoms with Crippen LogP contribution in [-0.2, 0) is 6.42 Å². The molecule has 0 unspecified atom stereocenters. The number of hydrogen-bond acceptors (Lipinski definition) is 3. The Morgan fingerprint density at radius 2 is 1.81 bits per heavy atom. The van der Waals surface area contributed by atoms with Crippen molar-refractivity contribution in [3.63, 3.8) is 0 Å². The molecule has 0 saturated carbocycles. The number of aryl methyl sites for hydroxylation is 1. The molecule has 0 atom stereocenters. The van der Waals surface area contributed by atoms with Gasteiger partial charge < -0.3 is 16.0 Å². The highest BCUT2D eigenvalue weighted by Gasteiger charge is 2.10. The van der Waals surface area contributed by atoms with Crippen LogP contribution < -0.4 is 11.1 Å². The van der Waals surface area contributed by atoms with Gasteiger partial charge in [-0.2, -0.15) is 0 Å². The second-order valence-corrected chi connectivity index (χ2v) is 5.18. The van der Waals surface area contributed by atoms with Crippen molar-refractivity contribution in [2.75, 3.05) is 25.1 Å². The maximum absolute atomic E-state index is 11.9. The van der Waals surface area contributed by atoms with Gasteiger partial charge in [-0.15, -0.1) is 0 Å². The van der Waals surface area contributed by atoms with Crippen molar-refractivity contribution >= 4 is 23.0 Å². The van der Waals surface area contributed by atoms with Crippen LogP contribution >= 0.6 is 0 Å². The third kappa shape index (κ3) is 3.54. The van der Waals surface area contributed by atoms with Crippen molar-refractivity contribution in [1.82, 2.24) is 4.90 Å². The van der Waals surface area contributed by atoms with Gasteiger partial charge in [0, 0.05) is 25.3 Å². The van der Waals surface area contributed by atoms with Gasteiger partial charge in [0.15, 0.2) is 0 Å². The van der Waals surface area contributed by atoms with Crippen molar-refractivity contribution in [3.05, 3.63) is 53.6 Å². The summed E-state index contributed by atoms with van der Waals surface area (Å²) in [7, 11) is 3.44. The number of benzene rings is 2. The number of carbonyl (C=O) groups is 1. The third-order valence-electron chi connectivity index (χ3n) is 3.35. The van der Waals surface area contributed by atoms with Crippen LogP contribution in [0.25, 0.3) is 0 Å². The van der Waals surface area contributed by atoms with Crippen LogP contribution in [-0.4, -0.2) is 24.9 Å². The van der Waals surface area contributed by atoms with Gasteiger partial charge in [-0.3, -0.25) is 4.79 Å². The minimum Gasteiger partial charge on any atom is -0.397 e. The summed E-state index contributed by atoms with van der Waals surface area (Å²) in [6.07, 6.45) is 1.02. The normalized spacial score (nSPS) is 10.2. The van der Waals surface area contributed by atoms with Gasteiger partial charge in [0.25, 0.3) is 5.91 Å². The summed E-state index contributed by atoms with van der Waals surface area (Å²) in [4.78, 5) is 13.4. The molecule has 0 radical (unpaired) electrons. The summed E-state index contributed by atoms with van der Waals surface area (Å²) in [5.74, 6) is -0.0550. The highest BCUT2D eigenvalue weighted by atomic mass is 16.2. The molecule has 1 amide bonds. The van der Waals surface area contributed by atoms with Gasteiger partial charge in [-0.25, -0.2) is 0 Å². The Morgan fingerprint density at radius 3 is 2.33 bits per heavy atom. The minimum atomic E-state index is -0.0550. The Kier molecular flexibility index (Phi) is 4.48. The van der Waals surface area contributed by atoms with E-state index in [1.54, 1.807) is 26.2 Å². The standard InChI is InChI=1S/C17H21N3O/c1-4-12-5-8-14(9-6-12)19-16-10-7-13(11-15(16)18)17(21)20(2)3/h5-11,19H,4,18H2,1-3H3. The van der Waals surface area contributed by atoms with Crippen LogP contribution in [0.15, 0.2) is 42.5 Å². The molecule has 0 aliphatic carbocycles. The van der Waals surface area contributed by atoms with E-state index in [1.165, 1.54) is 10.5 Å². The van der Waals surface area contributed by atoms with E-state index in [-0.39, 0.29) is 5.91 Å². The Hall–Kier alpha value is -2.49. The van der Waals surface area contributed by atoms with Crippen LogP contribution in [0.5, 0.6) is 0 Å². The van der Waals surface area contributed by atoms with Gasteiger partial charge in [-0.05, 0) is 42.3 Å². The van der Waals surface area contributed by atoms with E-state index in [4.69, 9.17) is 5.73 Å². The Balaban J connectivity index is 2.19. The molecular weight excluding hydrogens is 262 g/mol. The number of rotatable bonds is 4. The second kappa shape index (κ2) is 6.31. The van der Waals surface area contributed by atoms with E-state index in [0.29, 0.717) is 11.3 Å². The SMILES string of the molecule is CCc1ccc(Nc2ccc(C(=O)N(C)C)cc2N)cc1. The van der Waals surface area contributed by atoms with Crippen LogP contribution in [0, 0.1) is 0 Å². The zero-order valence-electron chi connectivity index (χ0n) is 12.7. The number of nitrogens with one attached hydrogen (secondary N) is 1. The number of hydrogen-bond donors (Lipinski definition) is 2. The first-order chi connectivity index (χ1) is 10.0. The van der Waals surface area contributed by atoms with Crippen molar-refractivity contribution in [1.29, 1.82) is 0 Å². The first-order valence-electron chi connectivity index (χ1n) is 6.98. The highest BCUT2D eigenvalue weighted by molar-refractivity contribution is 5.96. The molecule has 0 aliphatic heterocycles. The molecule has 0 spiro atoms. The van der Waals surface area contributed by atoms with E-state index in [0.717, 1.165) is 17.8 Å². The molecule has 0 aromatic heterocycles. The lowest BCUT2D eigenvalue weighted by atomic mass is 10.1. The Morgan fingerprint density at radius 1 is 1.14 bits per heavy atom. The van der Waals surface area contributed by atoms with Gasteiger partial charge in [0.1, 0.15) is 0 Å². The summed E-state index contributed by atoms with van der Waals surface area (Å²) in [5, 5.41) is 3.27. The fourth-order valence-electron chi connectivity index (χ4n) is 2.05. The van der Waals surface area contributed by atoms with Crippen molar-refractivity contribution in [2.24, 2.45) is 0 Å². The Bertz CT molecular complexity index is 633. The lowest BCUT2D eigenvalue weighted by Gasteiger charge is -2.13. The molecule has 4 heteroatoms. The lowest BCUT2D eigenvalue weighted by Crippen LogP contribution is -2.21. The summed E-state index contributed by atoms with van der Waals surface area (Å²) in [5.41, 5.74) is 10.2. The van der Waals surface area contributed by atoms with Crippen molar-refractivity contribution in [2.45, 2.75) is 13.3 Å². The molecule has 0 bridgehead atoms. The molecule has 21 heavy (non-hydrogen) atoms. The van der Waals surface area contributed by atoms with Crippen LogP contribution in [0.3, 0.4) is 0 Å². The van der Waals surface area contributed by atoms with Gasteiger partial charge in [0.2, 0.25) is 0 Å². The molecule has 4 nitrogen and oxygen atoms in total. The van der Waals surface area contributed by atoms with Gasteiger partial charge >= 0.3 is 0 Å². The highest BCUT2D eigenvalue weighted by Crippen LogP contribution is 2.25. The van der Waals surface area contributed by atoms with Gasteiger partial charge in [0.05, 0.1) is 11.4 Å². The average molecular weight is 283 g/mol. The fourth-order valence-corrected chi connectivity index (χ4v) is 2.05. The van der Waals surface area contributed by atoms with Crippen molar-refractivity contribution in [3.8, 4) is 0 Å². The topological polar surface area (TPSA) is 58.4 Å². The number of anilines is 3. The smallest absolute Gasteiger partial charge is 0.253 e. The molecule has 110 valence electrons. The molecule has 2 aromatic carbocycles. The zero-order chi connectivity index (χ0) is 15.4. The monoisotopic (exact) mass is 283 g/mol. The first-order valence-corrected chi connectivity index (χ1v) is 6.98. The molecule has 0 aliphatic rings. The summed E-state index contributed by atoms with van der Waals surface area (Å²) in [6.45, 7) is 2.13. The number of amides is 1. The number of nitrogens with zero attached hydrogens (tertiary/aromatic N) is 1. The number of nitrogen functional groups attached to an aromatic ring is 1. The molecular formula is C17H21N3O. The number of carbonyl (C=O) groups excluding carboxylic acids is 1. The maximum Gasteiger partial charge on any atom is 0.253 e. The van der Waals surface area contributed by atoms with Crippen LogP contribution in [0.4, 0.5) is 17.1 Å². The third-order valence-corrected chi connectivity index (χ3v) is 3.35. The maximum atomic E-state index is 11.9. The van der Waals surface area contributed by atoms with E-state index in [1.807, 2.05) is 18.2 Å². The molecule has 2 rings (SSSR count). The minimum absolute atomic E-state index is 0.0550. The molecule has 0 heterocycles. The summed E-state index contributed by atoms with van der Waals surface area (Å²) >= 11 is 0. The lowest BCUT2D eigenvalue weighted by molar-refractivity contribution is 0.0827. The molecule has 2 aromatic rings. The quantitative estimate of drug-likeness (QED) is 0.847. The van der Waals surface area contributed by atoms with E-state index in [2.05, 4.69) is 24.4 Å². The predicted octanol–water partition coefficient (Wildman–Crippen LogP) is 3.28. The second-order valence-electron chi connectivity index (χ2n) is 5.18. The Labute approximate surface area is 125 Å². The van der Waals surface area contributed by atoms with Gasteiger partial charge in [-0.1, -0.05) is 19.1 Å². The molecule has 0 saturated heterocycles. The van der Waals surface area contributed by atoms with E-state index >= 15 is 0 Å². The molecule has 3 N–H and O–H groups in total. The summed E-state index contributed by atoms with van der Waals surface area (Å²) in [6, 6.07) is 13.5. The van der Waals surface area contributed by atoms with E-state index in [9.17, 15) is 4.79 Å². The van der Waals surface area contributed by atoms with Crippen LogP contribution in [0.2, 0.25) is 0 Å². The first kappa shape index (κ1) is 14.9. The molecule has 0 fully saturated rings. The number of nitrogens with two attached hydrogens (primary N) is 1. The van der Waals surface area contributed by atoms with Crippen LogP contribution in [0.1, 0.15) is 22.8 Å². The predicted molar refractivity (Wildman–Crippen MR) is 88.0 cm³/mol. The summed E-state index contributed by atoms with van der Waals surface area (Å²) < 4.78 is 0. The average Bonchev–Trinajstić information content (AvgIpc) is 2.49. The van der Waals surface area contributed by atoms with Crippen molar-refractivity contribution < 1.29 is 4.79 Å². The largest absolute Gasteiger partial charge is 0.397 e.